The average Bonchev–Trinajstić information content (AvgIpc) is 2.42. The summed E-state index contributed by atoms with van der Waals surface area (Å²) in [6.45, 7) is 9.59. The summed E-state index contributed by atoms with van der Waals surface area (Å²) in [5, 5.41) is 0. The molecule has 2 N–H and O–H groups in total. The van der Waals surface area contributed by atoms with E-state index in [0.29, 0.717) is 42.7 Å². The van der Waals surface area contributed by atoms with Crippen LogP contribution in [0.5, 0.6) is 17.2 Å². The van der Waals surface area contributed by atoms with Crippen LogP contribution in [0.1, 0.15) is 45.6 Å². The van der Waals surface area contributed by atoms with Crippen LogP contribution in [0.3, 0.4) is 0 Å². The van der Waals surface area contributed by atoms with Gasteiger partial charge in [-0.05, 0) is 32.8 Å². The van der Waals surface area contributed by atoms with Crippen molar-refractivity contribution in [1.29, 1.82) is 0 Å². The molecule has 0 saturated heterocycles. The Labute approximate surface area is 132 Å². The summed E-state index contributed by atoms with van der Waals surface area (Å²) in [6.07, 6.45) is 0.634. The number of benzene rings is 1. The van der Waals surface area contributed by atoms with Gasteiger partial charge in [-0.25, -0.2) is 0 Å². The molecule has 5 heteroatoms. The highest BCUT2D eigenvalue weighted by molar-refractivity contribution is 7.80. The highest BCUT2D eigenvalue weighted by Crippen LogP contribution is 2.43. The van der Waals surface area contributed by atoms with Gasteiger partial charge >= 0.3 is 0 Å². The van der Waals surface area contributed by atoms with Crippen molar-refractivity contribution >= 4 is 17.2 Å². The maximum atomic E-state index is 5.82. The van der Waals surface area contributed by atoms with Gasteiger partial charge in [-0.2, -0.15) is 0 Å². The molecule has 0 heterocycles. The molecular weight excluding hydrogens is 286 g/mol. The van der Waals surface area contributed by atoms with Gasteiger partial charge in [0.25, 0.3) is 0 Å². The fourth-order valence-electron chi connectivity index (χ4n) is 2.20. The maximum Gasteiger partial charge on any atom is 0.203 e. The van der Waals surface area contributed by atoms with E-state index < -0.39 is 0 Å². The maximum absolute atomic E-state index is 5.82. The lowest BCUT2D eigenvalue weighted by Gasteiger charge is -2.21. The van der Waals surface area contributed by atoms with Crippen LogP contribution in [-0.4, -0.2) is 24.8 Å². The minimum absolute atomic E-state index is 0.166. The van der Waals surface area contributed by atoms with E-state index in [1.807, 2.05) is 32.9 Å². The van der Waals surface area contributed by atoms with Crippen molar-refractivity contribution in [3.63, 3.8) is 0 Å². The van der Waals surface area contributed by atoms with Crippen LogP contribution in [0.25, 0.3) is 0 Å². The summed E-state index contributed by atoms with van der Waals surface area (Å²) in [4.78, 5) is 0.497. The quantitative estimate of drug-likeness (QED) is 0.705. The van der Waals surface area contributed by atoms with Gasteiger partial charge in [-0.3, -0.25) is 0 Å². The normalized spacial score (nSPS) is 11.8. The fraction of sp³-hybridized carbons (Fsp3) is 0.562. The van der Waals surface area contributed by atoms with Crippen molar-refractivity contribution in [2.45, 2.75) is 40.0 Å². The molecule has 0 fully saturated rings. The molecule has 118 valence electrons. The van der Waals surface area contributed by atoms with Crippen LogP contribution < -0.4 is 19.9 Å². The van der Waals surface area contributed by atoms with Crippen LogP contribution in [0, 0.1) is 0 Å². The van der Waals surface area contributed by atoms with E-state index in [9.17, 15) is 0 Å². The minimum Gasteiger partial charge on any atom is -0.490 e. The Morgan fingerprint density at radius 3 is 2.14 bits per heavy atom. The van der Waals surface area contributed by atoms with Crippen molar-refractivity contribution in [3.8, 4) is 17.2 Å². The van der Waals surface area contributed by atoms with E-state index in [4.69, 9.17) is 32.2 Å². The predicted molar refractivity (Wildman–Crippen MR) is 89.8 cm³/mol. The summed E-state index contributed by atoms with van der Waals surface area (Å²) < 4.78 is 17.2. The molecule has 0 spiro atoms. The Morgan fingerprint density at radius 2 is 1.62 bits per heavy atom. The first-order valence-electron chi connectivity index (χ1n) is 7.38. The first kappa shape index (κ1) is 17.6. The first-order valence-corrected chi connectivity index (χ1v) is 7.79. The number of hydrogen-bond donors (Lipinski definition) is 1. The topological polar surface area (TPSA) is 53.7 Å². The van der Waals surface area contributed by atoms with Crippen LogP contribution in [-0.2, 0) is 0 Å². The molecule has 0 aliphatic heterocycles. The lowest BCUT2D eigenvalue weighted by molar-refractivity contribution is 0.258. The highest BCUT2D eigenvalue weighted by Gasteiger charge is 2.21. The third kappa shape index (κ3) is 4.77. The molecule has 1 atom stereocenters. The van der Waals surface area contributed by atoms with Gasteiger partial charge in [0.05, 0.1) is 24.8 Å². The molecule has 0 radical (unpaired) electrons. The summed E-state index contributed by atoms with van der Waals surface area (Å²) >= 11 is 5.01. The molecule has 1 rings (SSSR count). The van der Waals surface area contributed by atoms with E-state index in [1.54, 1.807) is 0 Å². The van der Waals surface area contributed by atoms with Crippen molar-refractivity contribution in [2.24, 2.45) is 5.73 Å². The van der Waals surface area contributed by atoms with Crippen molar-refractivity contribution in [1.82, 2.24) is 0 Å². The van der Waals surface area contributed by atoms with Gasteiger partial charge in [0, 0.05) is 12.0 Å². The zero-order valence-electron chi connectivity index (χ0n) is 13.3. The van der Waals surface area contributed by atoms with Gasteiger partial charge in [0.1, 0.15) is 0 Å². The molecule has 1 aromatic rings. The van der Waals surface area contributed by atoms with E-state index in [1.165, 1.54) is 0 Å². The lowest BCUT2D eigenvalue weighted by Crippen LogP contribution is -2.13. The van der Waals surface area contributed by atoms with E-state index in [-0.39, 0.29) is 5.92 Å². The van der Waals surface area contributed by atoms with Gasteiger partial charge in [-0.15, -0.1) is 0 Å². The molecule has 21 heavy (non-hydrogen) atoms. The summed E-state index contributed by atoms with van der Waals surface area (Å²) in [7, 11) is 0. The van der Waals surface area contributed by atoms with Crippen LogP contribution in [0.4, 0.5) is 0 Å². The second-order valence-corrected chi connectivity index (χ2v) is 5.21. The smallest absolute Gasteiger partial charge is 0.203 e. The Hall–Kier alpha value is -1.49. The standard InChI is InChI=1S/C16H25NO3S/c1-5-18-13-9-8-12(11(4)10-14(17)21)15(19-6-2)16(13)20-7-3/h8-9,11H,5-7,10H2,1-4H3,(H2,17,21). The van der Waals surface area contributed by atoms with E-state index in [0.717, 1.165) is 11.3 Å². The highest BCUT2D eigenvalue weighted by atomic mass is 32.1. The molecular formula is C16H25NO3S. The average molecular weight is 311 g/mol. The summed E-state index contributed by atoms with van der Waals surface area (Å²) in [6, 6.07) is 3.92. The molecule has 0 saturated carbocycles. The first-order chi connectivity index (χ1) is 10.0. The molecule has 1 unspecified atom stereocenters. The molecule has 0 bridgehead atoms. The second-order valence-electron chi connectivity index (χ2n) is 4.68. The number of hydrogen-bond acceptors (Lipinski definition) is 4. The molecule has 1 aromatic carbocycles. The SMILES string of the molecule is CCOc1ccc(C(C)CC(N)=S)c(OCC)c1OCC. The molecule has 0 aliphatic rings. The summed E-state index contributed by atoms with van der Waals surface area (Å²) in [5.74, 6) is 2.26. The minimum atomic E-state index is 0.166. The van der Waals surface area contributed by atoms with Crippen LogP contribution >= 0.6 is 12.2 Å². The number of nitrogens with two attached hydrogens (primary N) is 1. The Balaban J connectivity index is 3.29. The third-order valence-electron chi connectivity index (χ3n) is 3.02. The molecule has 0 amide bonds. The molecule has 0 aliphatic carbocycles. The predicted octanol–water partition coefficient (Wildman–Crippen LogP) is 3.66. The summed E-state index contributed by atoms with van der Waals surface area (Å²) in [5.41, 5.74) is 6.70. The van der Waals surface area contributed by atoms with Crippen LogP contribution in [0.15, 0.2) is 12.1 Å². The molecule has 4 nitrogen and oxygen atoms in total. The zero-order valence-corrected chi connectivity index (χ0v) is 14.1. The van der Waals surface area contributed by atoms with Crippen molar-refractivity contribution in [3.05, 3.63) is 17.7 Å². The fourth-order valence-corrected chi connectivity index (χ4v) is 2.45. The van der Waals surface area contributed by atoms with Gasteiger partial charge in [0.2, 0.25) is 5.75 Å². The number of ether oxygens (including phenoxy) is 3. The lowest BCUT2D eigenvalue weighted by atomic mass is 9.96. The van der Waals surface area contributed by atoms with Crippen molar-refractivity contribution < 1.29 is 14.2 Å². The largest absolute Gasteiger partial charge is 0.490 e. The third-order valence-corrected chi connectivity index (χ3v) is 3.19. The van der Waals surface area contributed by atoms with Crippen molar-refractivity contribution in [2.75, 3.05) is 19.8 Å². The second kappa shape index (κ2) is 8.72. The van der Waals surface area contributed by atoms with Gasteiger partial charge < -0.3 is 19.9 Å². The Kier molecular flexibility index (Phi) is 7.29. The Bertz CT molecular complexity index is 477. The van der Waals surface area contributed by atoms with E-state index >= 15 is 0 Å². The van der Waals surface area contributed by atoms with Gasteiger partial charge in [0.15, 0.2) is 11.5 Å². The number of thiocarbonyl (C=S) groups is 1. The van der Waals surface area contributed by atoms with Gasteiger partial charge in [-0.1, -0.05) is 25.2 Å². The van der Waals surface area contributed by atoms with Crippen LogP contribution in [0.2, 0.25) is 0 Å². The zero-order chi connectivity index (χ0) is 15.8. The molecule has 0 aromatic heterocycles. The Morgan fingerprint density at radius 1 is 1.05 bits per heavy atom. The monoisotopic (exact) mass is 311 g/mol. The van der Waals surface area contributed by atoms with E-state index in [2.05, 4.69) is 6.92 Å². The number of rotatable bonds is 9.